The van der Waals surface area contributed by atoms with Crippen LogP contribution < -0.4 is 11.3 Å². The summed E-state index contributed by atoms with van der Waals surface area (Å²) in [6, 6.07) is 0.572. The van der Waals surface area contributed by atoms with Crippen molar-refractivity contribution in [3.63, 3.8) is 0 Å². The second-order valence-electron chi connectivity index (χ2n) is 7.11. The predicted octanol–water partition coefficient (Wildman–Crippen LogP) is 1.92. The lowest BCUT2D eigenvalue weighted by molar-refractivity contribution is 0.382. The highest BCUT2D eigenvalue weighted by molar-refractivity contribution is 5.17. The molecular formula is C14H27N5. The normalized spacial score (nSPS) is 22.7. The Morgan fingerprint density at radius 3 is 2.32 bits per heavy atom. The van der Waals surface area contributed by atoms with Crippen LogP contribution in [-0.2, 0) is 6.42 Å². The molecule has 0 saturated heterocycles. The molecule has 0 amide bonds. The number of aromatic nitrogens is 3. The van der Waals surface area contributed by atoms with Gasteiger partial charge in [0.25, 0.3) is 0 Å². The maximum Gasteiger partial charge on any atom is 0.138 e. The first kappa shape index (κ1) is 14.5. The van der Waals surface area contributed by atoms with Crippen molar-refractivity contribution in [3.05, 3.63) is 12.2 Å². The van der Waals surface area contributed by atoms with Crippen LogP contribution in [0, 0.1) is 16.7 Å². The van der Waals surface area contributed by atoms with Crippen molar-refractivity contribution in [1.29, 1.82) is 0 Å². The fraction of sp³-hybridized carbons (Fsp3) is 0.857. The molecule has 1 heterocycles. The van der Waals surface area contributed by atoms with E-state index in [2.05, 4.69) is 57.1 Å². The summed E-state index contributed by atoms with van der Waals surface area (Å²) in [6.45, 7) is 13.5. The number of nitrogens with two attached hydrogens (primary N) is 1. The Hall–Kier alpha value is -0.940. The zero-order chi connectivity index (χ0) is 14.4. The lowest BCUT2D eigenvalue weighted by atomic mass is 10.0. The van der Waals surface area contributed by atoms with Crippen LogP contribution in [0.25, 0.3) is 0 Å². The maximum absolute atomic E-state index is 5.79. The van der Waals surface area contributed by atoms with Crippen LogP contribution in [-0.4, -0.2) is 20.8 Å². The van der Waals surface area contributed by atoms with Crippen LogP contribution in [0.5, 0.6) is 0 Å². The molecule has 5 heteroatoms. The average Bonchev–Trinajstić information content (AvgIpc) is 2.70. The molecule has 1 aliphatic rings. The number of hydrogen-bond donors (Lipinski definition) is 2. The number of nitrogens with one attached hydrogen (secondary N) is 1. The van der Waals surface area contributed by atoms with Gasteiger partial charge in [0.2, 0.25) is 0 Å². The summed E-state index contributed by atoms with van der Waals surface area (Å²) in [4.78, 5) is 4.39. The van der Waals surface area contributed by atoms with Crippen molar-refractivity contribution in [3.8, 4) is 0 Å². The summed E-state index contributed by atoms with van der Waals surface area (Å²) < 4.78 is 1.98. The quantitative estimate of drug-likeness (QED) is 0.630. The molecule has 2 rings (SSSR count). The van der Waals surface area contributed by atoms with Crippen molar-refractivity contribution in [2.24, 2.45) is 22.6 Å². The van der Waals surface area contributed by atoms with Crippen LogP contribution in [0.2, 0.25) is 0 Å². The Balaban J connectivity index is 2.15. The molecule has 0 aliphatic heterocycles. The molecule has 0 aromatic carbocycles. The highest BCUT2D eigenvalue weighted by Crippen LogP contribution is 2.69. The summed E-state index contributed by atoms with van der Waals surface area (Å²) >= 11 is 0. The topological polar surface area (TPSA) is 68.8 Å². The van der Waals surface area contributed by atoms with E-state index in [9.17, 15) is 0 Å². The van der Waals surface area contributed by atoms with Crippen molar-refractivity contribution >= 4 is 0 Å². The molecule has 1 fully saturated rings. The Labute approximate surface area is 115 Å². The van der Waals surface area contributed by atoms with Gasteiger partial charge in [-0.05, 0) is 30.6 Å². The molecule has 1 aromatic heterocycles. The molecule has 0 spiro atoms. The van der Waals surface area contributed by atoms with Crippen molar-refractivity contribution in [1.82, 2.24) is 20.2 Å². The van der Waals surface area contributed by atoms with Gasteiger partial charge in [0.1, 0.15) is 12.2 Å². The molecule has 1 saturated carbocycles. The Bertz CT molecular complexity index is 432. The summed E-state index contributed by atoms with van der Waals surface area (Å²) in [5.74, 6) is 7.36. The van der Waals surface area contributed by atoms with Gasteiger partial charge in [-0.3, -0.25) is 11.3 Å². The van der Waals surface area contributed by atoms with E-state index < -0.39 is 0 Å². The Morgan fingerprint density at radius 1 is 1.32 bits per heavy atom. The first-order valence-electron chi connectivity index (χ1n) is 7.08. The first-order valence-corrected chi connectivity index (χ1v) is 7.08. The van der Waals surface area contributed by atoms with Crippen LogP contribution in [0.15, 0.2) is 6.33 Å². The third-order valence-electron chi connectivity index (χ3n) is 5.29. The predicted molar refractivity (Wildman–Crippen MR) is 76.3 cm³/mol. The van der Waals surface area contributed by atoms with E-state index in [1.54, 1.807) is 6.33 Å². The SMILES string of the molecule is CC(C)n1ncnc1CC(NN)C1C(C)(C)C1(C)C. The van der Waals surface area contributed by atoms with Gasteiger partial charge >= 0.3 is 0 Å². The van der Waals surface area contributed by atoms with Crippen molar-refractivity contribution in [2.45, 2.75) is 60.0 Å². The summed E-state index contributed by atoms with van der Waals surface area (Å²) in [5.41, 5.74) is 3.62. The fourth-order valence-electron chi connectivity index (χ4n) is 3.57. The smallest absolute Gasteiger partial charge is 0.138 e. The molecule has 19 heavy (non-hydrogen) atoms. The molecule has 1 unspecified atom stereocenters. The minimum absolute atomic E-state index is 0.242. The zero-order valence-corrected chi connectivity index (χ0v) is 12.9. The fourth-order valence-corrected chi connectivity index (χ4v) is 3.57. The number of hydrazine groups is 1. The van der Waals surface area contributed by atoms with Crippen molar-refractivity contribution in [2.75, 3.05) is 0 Å². The van der Waals surface area contributed by atoms with E-state index >= 15 is 0 Å². The largest absolute Gasteiger partial charge is 0.271 e. The Morgan fingerprint density at radius 2 is 1.89 bits per heavy atom. The van der Waals surface area contributed by atoms with E-state index in [-0.39, 0.29) is 6.04 Å². The van der Waals surface area contributed by atoms with E-state index in [0.29, 0.717) is 22.8 Å². The van der Waals surface area contributed by atoms with Gasteiger partial charge in [-0.2, -0.15) is 5.10 Å². The van der Waals surface area contributed by atoms with Crippen LogP contribution in [0.3, 0.4) is 0 Å². The van der Waals surface area contributed by atoms with Crippen LogP contribution >= 0.6 is 0 Å². The van der Waals surface area contributed by atoms with Gasteiger partial charge < -0.3 is 0 Å². The lowest BCUT2D eigenvalue weighted by Gasteiger charge is -2.19. The molecule has 1 atom stereocenters. The van der Waals surface area contributed by atoms with E-state index in [4.69, 9.17) is 5.84 Å². The molecule has 5 nitrogen and oxygen atoms in total. The van der Waals surface area contributed by atoms with Gasteiger partial charge in [0, 0.05) is 18.5 Å². The number of hydrogen-bond acceptors (Lipinski definition) is 4. The van der Waals surface area contributed by atoms with Gasteiger partial charge in [-0.1, -0.05) is 27.7 Å². The second-order valence-corrected chi connectivity index (χ2v) is 7.11. The van der Waals surface area contributed by atoms with E-state index in [0.717, 1.165) is 12.2 Å². The molecule has 1 aliphatic carbocycles. The van der Waals surface area contributed by atoms with Gasteiger partial charge in [-0.25, -0.2) is 9.67 Å². The summed E-state index contributed by atoms with van der Waals surface area (Å²) in [5, 5.41) is 4.29. The van der Waals surface area contributed by atoms with Crippen LogP contribution in [0.1, 0.15) is 53.4 Å². The van der Waals surface area contributed by atoms with Gasteiger partial charge in [0.15, 0.2) is 0 Å². The summed E-state index contributed by atoms with van der Waals surface area (Å²) in [6.07, 6.45) is 2.46. The molecule has 0 radical (unpaired) electrons. The third-order valence-corrected chi connectivity index (χ3v) is 5.29. The zero-order valence-electron chi connectivity index (χ0n) is 12.9. The molecule has 3 N–H and O–H groups in total. The third kappa shape index (κ3) is 2.19. The maximum atomic E-state index is 5.79. The lowest BCUT2D eigenvalue weighted by Crippen LogP contribution is -2.41. The average molecular weight is 265 g/mol. The van der Waals surface area contributed by atoms with E-state index in [1.807, 2.05) is 4.68 Å². The minimum Gasteiger partial charge on any atom is -0.271 e. The standard InChI is InChI=1S/C14H27N5/c1-9(2)19-11(16-8-17-19)7-10(18-15)12-13(3,4)14(12,5)6/h8-10,12,18H,7,15H2,1-6H3. The monoisotopic (exact) mass is 265 g/mol. The van der Waals surface area contributed by atoms with Crippen LogP contribution in [0.4, 0.5) is 0 Å². The molecule has 1 aromatic rings. The number of nitrogens with zero attached hydrogens (tertiary/aromatic N) is 3. The second kappa shape index (κ2) is 4.56. The minimum atomic E-state index is 0.242. The highest BCUT2D eigenvalue weighted by atomic mass is 15.3. The summed E-state index contributed by atoms with van der Waals surface area (Å²) in [7, 11) is 0. The molecule has 108 valence electrons. The first-order chi connectivity index (χ1) is 8.73. The van der Waals surface area contributed by atoms with E-state index in [1.165, 1.54) is 0 Å². The highest BCUT2D eigenvalue weighted by Gasteiger charge is 2.66. The number of rotatable bonds is 5. The van der Waals surface area contributed by atoms with Gasteiger partial charge in [0.05, 0.1) is 0 Å². The molecule has 0 bridgehead atoms. The Kier molecular flexibility index (Phi) is 3.47. The van der Waals surface area contributed by atoms with Crippen molar-refractivity contribution < 1.29 is 0 Å². The van der Waals surface area contributed by atoms with Gasteiger partial charge in [-0.15, -0.1) is 0 Å². The molecular weight excluding hydrogens is 238 g/mol.